The molecule has 0 unspecified atom stereocenters. The maximum atomic E-state index is 13.2. The summed E-state index contributed by atoms with van der Waals surface area (Å²) in [6.45, 7) is 3.55. The summed E-state index contributed by atoms with van der Waals surface area (Å²) in [4.78, 5) is 5.83. The highest BCUT2D eigenvalue weighted by molar-refractivity contribution is 9.10. The van der Waals surface area contributed by atoms with Crippen LogP contribution in [-0.2, 0) is 6.54 Å². The first-order chi connectivity index (χ1) is 6.13. The fraction of sp³-hybridized carbons (Fsp3) is 0.444. The molecule has 0 fully saturated rings. The number of hydrogen-bond acceptors (Lipinski definition) is 2. The van der Waals surface area contributed by atoms with Crippen molar-refractivity contribution in [3.63, 3.8) is 0 Å². The van der Waals surface area contributed by atoms with Crippen LogP contribution < -0.4 is 0 Å². The van der Waals surface area contributed by atoms with E-state index in [0.29, 0.717) is 16.7 Å². The van der Waals surface area contributed by atoms with E-state index in [1.54, 1.807) is 6.07 Å². The van der Waals surface area contributed by atoms with Gasteiger partial charge in [-0.05, 0) is 35.6 Å². The molecule has 0 spiro atoms. The van der Waals surface area contributed by atoms with Crippen molar-refractivity contribution in [3.8, 4) is 0 Å². The molecule has 0 saturated heterocycles. The fourth-order valence-electron chi connectivity index (χ4n) is 0.975. The van der Waals surface area contributed by atoms with Gasteiger partial charge in [0.15, 0.2) is 0 Å². The molecule has 1 aromatic heterocycles. The number of nitrogens with zero attached hydrogens (tertiary/aromatic N) is 2. The molecule has 0 saturated carbocycles. The summed E-state index contributed by atoms with van der Waals surface area (Å²) >= 11 is 3.21. The molecule has 0 aromatic carbocycles. The molecule has 0 aliphatic heterocycles. The van der Waals surface area contributed by atoms with Gasteiger partial charge < -0.3 is 4.90 Å². The standard InChI is InChI=1S/C9H12BrFN2/c1-3-13(2)6-7-4-9(10)12-5-8(7)11/h4-5H,3,6H2,1-2H3. The summed E-state index contributed by atoms with van der Waals surface area (Å²) in [6.07, 6.45) is 1.24. The lowest BCUT2D eigenvalue weighted by atomic mass is 10.2. The first-order valence-corrected chi connectivity index (χ1v) is 4.91. The molecule has 2 nitrogen and oxygen atoms in total. The predicted molar refractivity (Wildman–Crippen MR) is 53.9 cm³/mol. The smallest absolute Gasteiger partial charge is 0.146 e. The lowest BCUT2D eigenvalue weighted by Gasteiger charge is -2.13. The second-order valence-electron chi connectivity index (χ2n) is 2.93. The number of aromatic nitrogens is 1. The second kappa shape index (κ2) is 4.67. The Morgan fingerprint density at radius 3 is 2.92 bits per heavy atom. The lowest BCUT2D eigenvalue weighted by molar-refractivity contribution is 0.339. The molecular weight excluding hydrogens is 235 g/mol. The molecule has 1 rings (SSSR count). The van der Waals surface area contributed by atoms with Gasteiger partial charge in [0.2, 0.25) is 0 Å². The van der Waals surface area contributed by atoms with Crippen LogP contribution in [0, 0.1) is 5.82 Å². The van der Waals surface area contributed by atoms with Crippen LogP contribution in [-0.4, -0.2) is 23.5 Å². The van der Waals surface area contributed by atoms with E-state index in [1.807, 2.05) is 18.9 Å². The Morgan fingerprint density at radius 1 is 1.62 bits per heavy atom. The minimum absolute atomic E-state index is 0.247. The molecule has 72 valence electrons. The molecule has 1 aromatic rings. The van der Waals surface area contributed by atoms with Crippen molar-refractivity contribution in [1.29, 1.82) is 0 Å². The topological polar surface area (TPSA) is 16.1 Å². The van der Waals surface area contributed by atoms with Gasteiger partial charge in [-0.2, -0.15) is 0 Å². The van der Waals surface area contributed by atoms with Gasteiger partial charge in [-0.1, -0.05) is 6.92 Å². The summed E-state index contributed by atoms with van der Waals surface area (Å²) in [5.41, 5.74) is 0.672. The largest absolute Gasteiger partial charge is 0.302 e. The van der Waals surface area contributed by atoms with Crippen molar-refractivity contribution in [2.45, 2.75) is 13.5 Å². The van der Waals surface area contributed by atoms with E-state index in [0.717, 1.165) is 6.54 Å². The minimum Gasteiger partial charge on any atom is -0.302 e. The van der Waals surface area contributed by atoms with E-state index in [2.05, 4.69) is 20.9 Å². The van der Waals surface area contributed by atoms with E-state index in [4.69, 9.17) is 0 Å². The molecule has 13 heavy (non-hydrogen) atoms. The van der Waals surface area contributed by atoms with E-state index >= 15 is 0 Å². The third-order valence-electron chi connectivity index (χ3n) is 1.88. The second-order valence-corrected chi connectivity index (χ2v) is 3.74. The quantitative estimate of drug-likeness (QED) is 0.762. The van der Waals surface area contributed by atoms with Gasteiger partial charge in [0.1, 0.15) is 10.4 Å². The molecule has 4 heteroatoms. The Kier molecular flexibility index (Phi) is 3.81. The molecular formula is C9H12BrFN2. The highest BCUT2D eigenvalue weighted by atomic mass is 79.9. The van der Waals surface area contributed by atoms with Crippen molar-refractivity contribution in [1.82, 2.24) is 9.88 Å². The Labute approximate surface area is 85.9 Å². The van der Waals surface area contributed by atoms with Gasteiger partial charge in [0.25, 0.3) is 0 Å². The molecule has 0 amide bonds. The molecule has 0 aliphatic rings. The van der Waals surface area contributed by atoms with Crippen LogP contribution in [0.15, 0.2) is 16.9 Å². The Bertz CT molecular complexity index is 291. The van der Waals surface area contributed by atoms with Crippen LogP contribution in [0.4, 0.5) is 4.39 Å². The Hall–Kier alpha value is -0.480. The van der Waals surface area contributed by atoms with Crippen molar-refractivity contribution in [2.75, 3.05) is 13.6 Å². The Morgan fingerprint density at radius 2 is 2.31 bits per heavy atom. The lowest BCUT2D eigenvalue weighted by Crippen LogP contribution is -2.17. The van der Waals surface area contributed by atoms with E-state index in [-0.39, 0.29) is 5.82 Å². The van der Waals surface area contributed by atoms with E-state index in [1.165, 1.54) is 6.20 Å². The van der Waals surface area contributed by atoms with Crippen molar-refractivity contribution in [3.05, 3.63) is 28.2 Å². The zero-order valence-electron chi connectivity index (χ0n) is 7.72. The van der Waals surface area contributed by atoms with Crippen LogP contribution in [0.1, 0.15) is 12.5 Å². The third-order valence-corrected chi connectivity index (χ3v) is 2.32. The first-order valence-electron chi connectivity index (χ1n) is 4.12. The molecule has 0 bridgehead atoms. The molecule has 0 atom stereocenters. The highest BCUT2D eigenvalue weighted by Gasteiger charge is 2.05. The van der Waals surface area contributed by atoms with Crippen LogP contribution >= 0.6 is 15.9 Å². The number of rotatable bonds is 3. The zero-order valence-corrected chi connectivity index (χ0v) is 9.31. The van der Waals surface area contributed by atoms with E-state index < -0.39 is 0 Å². The summed E-state index contributed by atoms with van der Waals surface area (Å²) in [5, 5.41) is 0. The van der Waals surface area contributed by atoms with E-state index in [9.17, 15) is 4.39 Å². The molecule has 1 heterocycles. The van der Waals surface area contributed by atoms with Gasteiger partial charge >= 0.3 is 0 Å². The highest BCUT2D eigenvalue weighted by Crippen LogP contribution is 2.13. The third kappa shape index (κ3) is 3.04. The summed E-state index contributed by atoms with van der Waals surface area (Å²) in [6, 6.07) is 1.71. The number of halogens is 2. The van der Waals surface area contributed by atoms with Gasteiger partial charge in [-0.25, -0.2) is 9.37 Å². The van der Waals surface area contributed by atoms with Gasteiger partial charge in [-0.15, -0.1) is 0 Å². The fourth-order valence-corrected chi connectivity index (χ4v) is 1.35. The van der Waals surface area contributed by atoms with Gasteiger partial charge in [-0.3, -0.25) is 0 Å². The Balaban J connectivity index is 2.81. The maximum absolute atomic E-state index is 13.2. The van der Waals surface area contributed by atoms with Crippen molar-refractivity contribution >= 4 is 15.9 Å². The van der Waals surface area contributed by atoms with Crippen LogP contribution in [0.3, 0.4) is 0 Å². The van der Waals surface area contributed by atoms with Crippen LogP contribution in [0.2, 0.25) is 0 Å². The van der Waals surface area contributed by atoms with Crippen LogP contribution in [0.25, 0.3) is 0 Å². The van der Waals surface area contributed by atoms with Crippen LogP contribution in [0.5, 0.6) is 0 Å². The van der Waals surface area contributed by atoms with Gasteiger partial charge in [0.05, 0.1) is 6.20 Å². The molecule has 0 aliphatic carbocycles. The minimum atomic E-state index is -0.247. The molecule has 0 N–H and O–H groups in total. The monoisotopic (exact) mass is 246 g/mol. The van der Waals surface area contributed by atoms with Crippen molar-refractivity contribution in [2.24, 2.45) is 0 Å². The average Bonchev–Trinajstić information content (AvgIpc) is 2.11. The number of pyridine rings is 1. The molecule has 0 radical (unpaired) electrons. The summed E-state index contributed by atoms with van der Waals surface area (Å²) < 4.78 is 13.8. The normalized spacial score (nSPS) is 10.8. The van der Waals surface area contributed by atoms with Crippen molar-refractivity contribution < 1.29 is 4.39 Å². The predicted octanol–water partition coefficient (Wildman–Crippen LogP) is 2.43. The SMILES string of the molecule is CCN(C)Cc1cc(Br)ncc1F. The average molecular weight is 247 g/mol. The summed E-state index contributed by atoms with van der Waals surface area (Å²) in [5.74, 6) is -0.247. The first kappa shape index (κ1) is 10.6. The summed E-state index contributed by atoms with van der Waals surface area (Å²) in [7, 11) is 1.95. The number of hydrogen-bond donors (Lipinski definition) is 0. The maximum Gasteiger partial charge on any atom is 0.146 e. The zero-order chi connectivity index (χ0) is 9.84. The van der Waals surface area contributed by atoms with Gasteiger partial charge in [0, 0.05) is 12.1 Å².